The molecule has 2 aromatic rings. The number of fused-ring (bicyclic) bond motifs is 5. The third-order valence-corrected chi connectivity index (χ3v) is 7.25. The molecule has 0 saturated heterocycles. The fraction of sp³-hybridized carbons (Fsp3) is 0.300. The Labute approximate surface area is 157 Å². The molecule has 4 rings (SSSR count). The molecule has 3 N–H and O–H groups in total. The zero-order chi connectivity index (χ0) is 19.3. The molecular weight excluding hydrogens is 366 g/mol. The Bertz CT molecular complexity index is 987. The van der Waals surface area contributed by atoms with Gasteiger partial charge in [0.25, 0.3) is 0 Å². The summed E-state index contributed by atoms with van der Waals surface area (Å²) < 4.78 is 26.3. The smallest absolute Gasteiger partial charge is 0.198 e. The number of rotatable bonds is 6. The topological polar surface area (TPSA) is 99.8 Å². The van der Waals surface area contributed by atoms with E-state index in [0.717, 1.165) is 6.42 Å². The first-order valence-electron chi connectivity index (χ1n) is 8.77. The molecule has 1 heterocycles. The van der Waals surface area contributed by atoms with Crippen LogP contribution in [-0.4, -0.2) is 40.2 Å². The van der Waals surface area contributed by atoms with E-state index < -0.39 is 27.7 Å². The van der Waals surface area contributed by atoms with Crippen LogP contribution in [0.25, 0.3) is 0 Å². The Morgan fingerprint density at radius 2 is 1.67 bits per heavy atom. The van der Waals surface area contributed by atoms with Crippen LogP contribution in [0.2, 0.25) is 0 Å². The molecule has 2 aliphatic carbocycles. The first-order valence-corrected chi connectivity index (χ1v) is 10.4. The molecule has 27 heavy (non-hydrogen) atoms. The summed E-state index contributed by atoms with van der Waals surface area (Å²) in [4.78, 5) is 0.109. The molecule has 1 aromatic carbocycles. The van der Waals surface area contributed by atoms with Crippen molar-refractivity contribution in [1.29, 1.82) is 0 Å². The van der Waals surface area contributed by atoms with E-state index >= 15 is 0 Å². The van der Waals surface area contributed by atoms with Crippen LogP contribution in [0, 0.1) is 0 Å². The van der Waals surface area contributed by atoms with Crippen LogP contribution in [0.5, 0.6) is 11.8 Å². The number of benzene rings is 1. The molecule has 0 saturated carbocycles. The number of hydrogen-bond acceptors (Lipinski definition) is 5. The van der Waals surface area contributed by atoms with Crippen LogP contribution in [0.15, 0.2) is 60.0 Å². The Morgan fingerprint density at radius 1 is 1.11 bits per heavy atom. The predicted molar refractivity (Wildman–Crippen MR) is 101 cm³/mol. The Kier molecular flexibility index (Phi) is 4.16. The van der Waals surface area contributed by atoms with Gasteiger partial charge in [-0.15, -0.1) is 6.58 Å². The number of aromatic nitrogens is 1. The summed E-state index contributed by atoms with van der Waals surface area (Å²) in [6, 6.07) is 6.89. The summed E-state index contributed by atoms with van der Waals surface area (Å²) in [6.45, 7) is 3.67. The summed E-state index contributed by atoms with van der Waals surface area (Å²) >= 11 is 0. The zero-order valence-corrected chi connectivity index (χ0v) is 15.4. The van der Waals surface area contributed by atoms with E-state index in [4.69, 9.17) is 0 Å². The van der Waals surface area contributed by atoms with Gasteiger partial charge >= 0.3 is 0 Å². The van der Waals surface area contributed by atoms with Crippen molar-refractivity contribution in [3.05, 3.63) is 66.3 Å². The van der Waals surface area contributed by atoms with Crippen molar-refractivity contribution in [2.24, 2.45) is 0 Å². The van der Waals surface area contributed by atoms with Gasteiger partial charge in [-0.3, -0.25) is 4.57 Å². The highest BCUT2D eigenvalue weighted by atomic mass is 32.2. The molecule has 0 radical (unpaired) electrons. The zero-order valence-electron chi connectivity index (χ0n) is 14.6. The number of nitrogens with zero attached hydrogens (tertiary/aromatic N) is 1. The molecule has 2 aliphatic rings. The normalized spacial score (nSPS) is 22.6. The van der Waals surface area contributed by atoms with E-state index in [-0.39, 0.29) is 28.5 Å². The molecule has 2 bridgehead atoms. The second-order valence-electron chi connectivity index (χ2n) is 7.07. The summed E-state index contributed by atoms with van der Waals surface area (Å²) in [6.07, 6.45) is 4.76. The Balaban J connectivity index is 1.67. The molecule has 7 heteroatoms. The molecule has 6 nitrogen and oxygen atoms in total. The molecule has 0 amide bonds. The molecule has 0 aliphatic heterocycles. The third-order valence-electron chi connectivity index (χ3n) is 5.48. The van der Waals surface area contributed by atoms with E-state index in [2.05, 4.69) is 6.58 Å². The van der Waals surface area contributed by atoms with Crippen molar-refractivity contribution >= 4 is 9.84 Å². The average molecular weight is 387 g/mol. The minimum absolute atomic E-state index is 0.0350. The molecule has 0 spiro atoms. The van der Waals surface area contributed by atoms with Gasteiger partial charge in [0.15, 0.2) is 21.6 Å². The monoisotopic (exact) mass is 387 g/mol. The number of allylic oxidation sites excluding steroid dienone is 2. The SMILES string of the molecule is C=CC(C(O)CS(=O)(=O)c1ccccc1)n1c(O)c2c(c1O)C1C=CC2C1. The average Bonchev–Trinajstić information content (AvgIpc) is 3.32. The summed E-state index contributed by atoms with van der Waals surface area (Å²) in [5, 5.41) is 32.0. The maximum Gasteiger partial charge on any atom is 0.198 e. The first-order chi connectivity index (χ1) is 12.8. The molecule has 4 unspecified atom stereocenters. The van der Waals surface area contributed by atoms with E-state index in [1.807, 2.05) is 12.2 Å². The highest BCUT2D eigenvalue weighted by molar-refractivity contribution is 7.91. The molecule has 0 fully saturated rings. The van der Waals surface area contributed by atoms with Crippen LogP contribution >= 0.6 is 0 Å². The van der Waals surface area contributed by atoms with Crippen molar-refractivity contribution < 1.29 is 23.7 Å². The lowest BCUT2D eigenvalue weighted by Gasteiger charge is -2.23. The number of sulfone groups is 1. The number of aliphatic hydroxyl groups is 1. The highest BCUT2D eigenvalue weighted by Gasteiger charge is 2.42. The van der Waals surface area contributed by atoms with Crippen LogP contribution < -0.4 is 0 Å². The van der Waals surface area contributed by atoms with E-state index in [1.54, 1.807) is 18.2 Å². The van der Waals surface area contributed by atoms with E-state index in [0.29, 0.717) is 11.1 Å². The predicted octanol–water partition coefficient (Wildman–Crippen LogP) is 2.60. The van der Waals surface area contributed by atoms with Crippen molar-refractivity contribution in [2.45, 2.75) is 35.3 Å². The van der Waals surface area contributed by atoms with Crippen LogP contribution in [0.3, 0.4) is 0 Å². The molecular formula is C20H21NO5S. The van der Waals surface area contributed by atoms with Gasteiger partial charge in [-0.1, -0.05) is 36.4 Å². The number of aromatic hydroxyl groups is 2. The van der Waals surface area contributed by atoms with Gasteiger partial charge in [0, 0.05) is 23.0 Å². The van der Waals surface area contributed by atoms with Gasteiger partial charge in [0.2, 0.25) is 0 Å². The van der Waals surface area contributed by atoms with Crippen LogP contribution in [-0.2, 0) is 9.84 Å². The summed E-state index contributed by atoms with van der Waals surface area (Å²) in [5.74, 6) is -0.762. The fourth-order valence-electron chi connectivity index (χ4n) is 4.22. The summed E-state index contributed by atoms with van der Waals surface area (Å²) in [5.41, 5.74) is 1.31. The van der Waals surface area contributed by atoms with Gasteiger partial charge in [0.1, 0.15) is 0 Å². The van der Waals surface area contributed by atoms with Gasteiger partial charge < -0.3 is 15.3 Å². The lowest BCUT2D eigenvalue weighted by molar-refractivity contribution is 0.144. The molecule has 4 atom stereocenters. The maximum absolute atomic E-state index is 12.6. The van der Waals surface area contributed by atoms with E-state index in [1.165, 1.54) is 22.8 Å². The van der Waals surface area contributed by atoms with Crippen molar-refractivity contribution in [3.8, 4) is 11.8 Å². The maximum atomic E-state index is 12.6. The number of hydrogen-bond donors (Lipinski definition) is 3. The number of aliphatic hydroxyl groups excluding tert-OH is 1. The van der Waals surface area contributed by atoms with Crippen LogP contribution in [0.1, 0.15) is 35.4 Å². The largest absolute Gasteiger partial charge is 0.494 e. The minimum Gasteiger partial charge on any atom is -0.494 e. The summed E-state index contributed by atoms with van der Waals surface area (Å²) in [7, 11) is -3.74. The lowest BCUT2D eigenvalue weighted by atomic mass is 10.0. The van der Waals surface area contributed by atoms with Crippen molar-refractivity contribution in [1.82, 2.24) is 4.57 Å². The van der Waals surface area contributed by atoms with Gasteiger partial charge in [-0.25, -0.2) is 8.42 Å². The van der Waals surface area contributed by atoms with E-state index in [9.17, 15) is 23.7 Å². The van der Waals surface area contributed by atoms with Gasteiger partial charge in [-0.2, -0.15) is 0 Å². The second-order valence-corrected chi connectivity index (χ2v) is 9.10. The Hall–Kier alpha value is -2.51. The molecule has 142 valence electrons. The lowest BCUT2D eigenvalue weighted by Crippen LogP contribution is -2.30. The van der Waals surface area contributed by atoms with Crippen LogP contribution in [0.4, 0.5) is 0 Å². The fourth-order valence-corrected chi connectivity index (χ4v) is 5.63. The van der Waals surface area contributed by atoms with Gasteiger partial charge in [-0.05, 0) is 18.6 Å². The van der Waals surface area contributed by atoms with Crippen molar-refractivity contribution in [3.63, 3.8) is 0 Å². The second kappa shape index (κ2) is 6.28. The van der Waals surface area contributed by atoms with Crippen molar-refractivity contribution in [2.75, 3.05) is 5.75 Å². The Morgan fingerprint density at radius 3 is 2.19 bits per heavy atom. The van der Waals surface area contributed by atoms with Gasteiger partial charge in [0.05, 0.1) is 22.8 Å². The standard InChI is InChI=1S/C20H21NO5S/c1-2-15(16(22)11-27(25,26)14-6-4-3-5-7-14)21-19(23)17-12-8-9-13(10-12)18(17)20(21)24/h2-9,12-13,15-16,22-24H,1,10-11H2. The highest BCUT2D eigenvalue weighted by Crippen LogP contribution is 2.57. The molecule has 1 aromatic heterocycles. The third kappa shape index (κ3) is 2.69. The minimum atomic E-state index is -3.74. The quantitative estimate of drug-likeness (QED) is 0.662. The first kappa shape index (κ1) is 17.9.